The number of hydrogen-bond donors (Lipinski definition) is 0. The van der Waals surface area contributed by atoms with E-state index in [1.165, 1.54) is 16.7 Å². The SMILES string of the molecule is CC.CC.CCc1cccc(C=O)c1.Cc1ccc(C(C)(C)C)cc1. The first kappa shape index (κ1) is 25.4. The highest BCUT2D eigenvalue weighted by Crippen LogP contribution is 2.21. The normalized spacial score (nSPS) is 9.32. The van der Waals surface area contributed by atoms with Gasteiger partial charge in [-0.25, -0.2) is 0 Å². The van der Waals surface area contributed by atoms with E-state index in [1.54, 1.807) is 0 Å². The van der Waals surface area contributed by atoms with E-state index in [9.17, 15) is 4.79 Å². The maximum Gasteiger partial charge on any atom is 0.150 e. The van der Waals surface area contributed by atoms with Gasteiger partial charge in [0.2, 0.25) is 0 Å². The Morgan fingerprint density at radius 3 is 1.80 bits per heavy atom. The van der Waals surface area contributed by atoms with Gasteiger partial charge in [0.25, 0.3) is 0 Å². The number of hydrogen-bond acceptors (Lipinski definition) is 1. The van der Waals surface area contributed by atoms with Crippen LogP contribution in [0.2, 0.25) is 0 Å². The van der Waals surface area contributed by atoms with Crippen molar-refractivity contribution in [3.63, 3.8) is 0 Å². The molecule has 0 saturated carbocycles. The molecule has 0 bridgehead atoms. The highest BCUT2D eigenvalue weighted by Gasteiger charge is 2.11. The van der Waals surface area contributed by atoms with Crippen LogP contribution in [0.15, 0.2) is 48.5 Å². The molecular formula is C24H38O. The Balaban J connectivity index is 0. The fourth-order valence-corrected chi connectivity index (χ4v) is 1.94. The van der Waals surface area contributed by atoms with Crippen LogP contribution >= 0.6 is 0 Å². The number of carbonyl (C=O) groups is 1. The summed E-state index contributed by atoms with van der Waals surface area (Å²) in [5.41, 5.74) is 5.00. The molecule has 140 valence electrons. The summed E-state index contributed by atoms with van der Waals surface area (Å²) >= 11 is 0. The molecule has 0 saturated heterocycles. The van der Waals surface area contributed by atoms with E-state index in [2.05, 4.69) is 58.9 Å². The number of rotatable bonds is 2. The van der Waals surface area contributed by atoms with Gasteiger partial charge < -0.3 is 0 Å². The van der Waals surface area contributed by atoms with Crippen LogP contribution < -0.4 is 0 Å². The van der Waals surface area contributed by atoms with Crippen molar-refractivity contribution in [3.8, 4) is 0 Å². The third-order valence-electron chi connectivity index (χ3n) is 3.41. The lowest BCUT2D eigenvalue weighted by atomic mass is 9.87. The number of carbonyl (C=O) groups excluding carboxylic acids is 1. The highest BCUT2D eigenvalue weighted by molar-refractivity contribution is 5.74. The zero-order chi connectivity index (χ0) is 19.9. The zero-order valence-electron chi connectivity index (χ0n) is 17.8. The number of aryl methyl sites for hydroxylation is 2. The molecule has 1 nitrogen and oxygen atoms in total. The second-order valence-electron chi connectivity index (χ2n) is 6.33. The lowest BCUT2D eigenvalue weighted by Crippen LogP contribution is -2.10. The van der Waals surface area contributed by atoms with Gasteiger partial charge in [-0.2, -0.15) is 0 Å². The van der Waals surface area contributed by atoms with Crippen LogP contribution in [-0.2, 0) is 11.8 Å². The van der Waals surface area contributed by atoms with Crippen LogP contribution in [0, 0.1) is 6.92 Å². The van der Waals surface area contributed by atoms with E-state index in [0.29, 0.717) is 0 Å². The molecule has 0 aliphatic heterocycles. The van der Waals surface area contributed by atoms with Crippen molar-refractivity contribution in [3.05, 3.63) is 70.8 Å². The second-order valence-corrected chi connectivity index (χ2v) is 6.33. The Hall–Kier alpha value is -1.89. The van der Waals surface area contributed by atoms with Crippen molar-refractivity contribution in [1.82, 2.24) is 0 Å². The van der Waals surface area contributed by atoms with Gasteiger partial charge in [0, 0.05) is 5.56 Å². The van der Waals surface area contributed by atoms with Gasteiger partial charge in [-0.15, -0.1) is 0 Å². The smallest absolute Gasteiger partial charge is 0.150 e. The minimum absolute atomic E-state index is 0.285. The molecule has 2 rings (SSSR count). The molecule has 2 aromatic carbocycles. The molecule has 0 aliphatic rings. The Morgan fingerprint density at radius 1 is 0.880 bits per heavy atom. The summed E-state index contributed by atoms with van der Waals surface area (Å²) < 4.78 is 0. The van der Waals surface area contributed by atoms with Crippen LogP contribution in [0.4, 0.5) is 0 Å². The van der Waals surface area contributed by atoms with E-state index >= 15 is 0 Å². The van der Waals surface area contributed by atoms with Crippen molar-refractivity contribution in [2.45, 2.75) is 74.1 Å². The number of aldehydes is 1. The van der Waals surface area contributed by atoms with Crippen molar-refractivity contribution < 1.29 is 4.79 Å². The molecule has 0 N–H and O–H groups in total. The second kappa shape index (κ2) is 14.5. The molecule has 0 aliphatic carbocycles. The summed E-state index contributed by atoms with van der Waals surface area (Å²) in [6.07, 6.45) is 1.86. The average molecular weight is 343 g/mol. The van der Waals surface area contributed by atoms with Crippen LogP contribution in [0.25, 0.3) is 0 Å². The van der Waals surface area contributed by atoms with Gasteiger partial charge in [-0.3, -0.25) is 4.79 Å². The minimum atomic E-state index is 0.285. The minimum Gasteiger partial charge on any atom is -0.298 e. The Bertz CT molecular complexity index is 559. The largest absolute Gasteiger partial charge is 0.298 e. The van der Waals surface area contributed by atoms with E-state index < -0.39 is 0 Å². The molecule has 0 fully saturated rings. The molecule has 0 aromatic heterocycles. The monoisotopic (exact) mass is 342 g/mol. The molecule has 25 heavy (non-hydrogen) atoms. The maximum atomic E-state index is 10.3. The van der Waals surface area contributed by atoms with Crippen molar-refractivity contribution in [1.29, 1.82) is 0 Å². The average Bonchev–Trinajstić information content (AvgIpc) is 2.65. The van der Waals surface area contributed by atoms with Crippen LogP contribution in [0.1, 0.15) is 82.4 Å². The Morgan fingerprint density at radius 2 is 1.40 bits per heavy atom. The molecule has 0 radical (unpaired) electrons. The molecule has 2 aromatic rings. The third kappa shape index (κ3) is 11.3. The Labute approximate surface area is 156 Å². The van der Waals surface area contributed by atoms with Crippen LogP contribution in [0.5, 0.6) is 0 Å². The van der Waals surface area contributed by atoms with Crippen LogP contribution in [-0.4, -0.2) is 6.29 Å². The van der Waals surface area contributed by atoms with E-state index in [-0.39, 0.29) is 5.41 Å². The van der Waals surface area contributed by atoms with Gasteiger partial charge >= 0.3 is 0 Å². The standard InChI is InChI=1S/C11H16.C9H10O.2C2H6/c1-9-5-7-10(8-6-9)11(2,3)4;1-2-8-4-3-5-9(6-8)7-10;2*1-2/h5-8H,1-4H3;3-7H,2H2,1H3;2*1-2H3. The first-order valence-electron chi connectivity index (χ1n) is 9.48. The van der Waals surface area contributed by atoms with E-state index in [1.807, 2.05) is 52.0 Å². The first-order valence-corrected chi connectivity index (χ1v) is 9.48. The molecule has 0 amide bonds. The summed E-state index contributed by atoms with van der Waals surface area (Å²) in [6, 6.07) is 16.4. The molecule has 0 spiro atoms. The van der Waals surface area contributed by atoms with Crippen molar-refractivity contribution >= 4 is 6.29 Å². The van der Waals surface area contributed by atoms with E-state index in [0.717, 1.165) is 18.3 Å². The van der Waals surface area contributed by atoms with Gasteiger partial charge in [0.15, 0.2) is 0 Å². The fourth-order valence-electron chi connectivity index (χ4n) is 1.94. The maximum absolute atomic E-state index is 10.3. The third-order valence-corrected chi connectivity index (χ3v) is 3.41. The topological polar surface area (TPSA) is 17.1 Å². The summed E-state index contributed by atoms with van der Waals surface area (Å²) in [7, 11) is 0. The molecular weight excluding hydrogens is 304 g/mol. The molecule has 0 unspecified atom stereocenters. The first-order chi connectivity index (χ1) is 11.9. The van der Waals surface area contributed by atoms with Gasteiger partial charge in [0.1, 0.15) is 6.29 Å². The summed E-state index contributed by atoms with van der Waals surface area (Å²) in [6.45, 7) is 18.9. The van der Waals surface area contributed by atoms with Gasteiger partial charge in [-0.05, 0) is 36.0 Å². The van der Waals surface area contributed by atoms with Crippen molar-refractivity contribution in [2.75, 3.05) is 0 Å². The van der Waals surface area contributed by atoms with Crippen LogP contribution in [0.3, 0.4) is 0 Å². The predicted molar refractivity (Wildman–Crippen MR) is 114 cm³/mol. The Kier molecular flexibility index (Phi) is 14.7. The van der Waals surface area contributed by atoms with Gasteiger partial charge in [-0.1, -0.05) is 103 Å². The van der Waals surface area contributed by atoms with Crippen molar-refractivity contribution in [2.24, 2.45) is 0 Å². The van der Waals surface area contributed by atoms with E-state index in [4.69, 9.17) is 0 Å². The molecule has 0 atom stereocenters. The highest BCUT2D eigenvalue weighted by atomic mass is 16.1. The molecule has 0 heterocycles. The summed E-state index contributed by atoms with van der Waals surface area (Å²) in [5, 5.41) is 0. The molecule has 1 heteroatoms. The summed E-state index contributed by atoms with van der Waals surface area (Å²) in [5.74, 6) is 0. The quantitative estimate of drug-likeness (QED) is 0.519. The summed E-state index contributed by atoms with van der Waals surface area (Å²) in [4.78, 5) is 10.3. The number of benzene rings is 2. The van der Waals surface area contributed by atoms with Gasteiger partial charge in [0.05, 0.1) is 0 Å². The lowest BCUT2D eigenvalue weighted by molar-refractivity contribution is 0.112. The zero-order valence-corrected chi connectivity index (χ0v) is 17.8. The fraction of sp³-hybridized carbons (Fsp3) is 0.458. The predicted octanol–water partition coefficient (Wildman–Crippen LogP) is 7.41. The lowest BCUT2D eigenvalue weighted by Gasteiger charge is -2.18.